The average Bonchev–Trinajstić information content (AvgIpc) is 2.98. The first kappa shape index (κ1) is 11.7. The lowest BCUT2D eigenvalue weighted by atomic mass is 10.1. The number of halogens is 1. The van der Waals surface area contributed by atoms with Crippen molar-refractivity contribution < 1.29 is 4.74 Å². The van der Waals surface area contributed by atoms with Gasteiger partial charge >= 0.3 is 0 Å². The standard InChI is InChI=1S/C13H18ClNO/c1-9-7-11(14)8-10(2)13(9)16-6-5-15-12-3-4-12/h7-8,12,15H,3-6H2,1-2H3. The van der Waals surface area contributed by atoms with Crippen LogP contribution in [0.25, 0.3) is 0 Å². The molecule has 2 rings (SSSR count). The van der Waals surface area contributed by atoms with Crippen molar-refractivity contribution in [2.45, 2.75) is 32.7 Å². The van der Waals surface area contributed by atoms with Crippen molar-refractivity contribution in [2.75, 3.05) is 13.2 Å². The molecular formula is C13H18ClNO. The fourth-order valence-corrected chi connectivity index (χ4v) is 2.16. The normalized spacial score (nSPS) is 15.2. The van der Waals surface area contributed by atoms with Crippen LogP contribution in [0.2, 0.25) is 5.02 Å². The number of rotatable bonds is 5. The summed E-state index contributed by atoms with van der Waals surface area (Å²) in [4.78, 5) is 0. The summed E-state index contributed by atoms with van der Waals surface area (Å²) in [6.45, 7) is 5.71. The molecule has 1 fully saturated rings. The van der Waals surface area contributed by atoms with Crippen molar-refractivity contribution in [1.29, 1.82) is 0 Å². The molecule has 88 valence electrons. The maximum absolute atomic E-state index is 5.97. The van der Waals surface area contributed by atoms with Crippen molar-refractivity contribution in [3.05, 3.63) is 28.3 Å². The third-order valence-corrected chi connectivity index (χ3v) is 3.00. The molecule has 0 radical (unpaired) electrons. The lowest BCUT2D eigenvalue weighted by Gasteiger charge is -2.12. The molecule has 1 aromatic carbocycles. The second-order valence-corrected chi connectivity index (χ2v) is 4.88. The summed E-state index contributed by atoms with van der Waals surface area (Å²) >= 11 is 5.97. The van der Waals surface area contributed by atoms with Gasteiger partial charge in [-0.1, -0.05) is 11.6 Å². The highest BCUT2D eigenvalue weighted by atomic mass is 35.5. The van der Waals surface area contributed by atoms with Crippen LogP contribution in [0, 0.1) is 13.8 Å². The summed E-state index contributed by atoms with van der Waals surface area (Å²) in [5, 5.41) is 4.20. The Morgan fingerprint density at radius 1 is 1.31 bits per heavy atom. The summed E-state index contributed by atoms with van der Waals surface area (Å²) < 4.78 is 5.78. The molecule has 1 aliphatic rings. The van der Waals surface area contributed by atoms with Gasteiger partial charge in [-0.05, 0) is 49.9 Å². The molecule has 1 aromatic rings. The van der Waals surface area contributed by atoms with E-state index in [-0.39, 0.29) is 0 Å². The number of hydrogen-bond donors (Lipinski definition) is 1. The molecule has 0 aliphatic heterocycles. The summed E-state index contributed by atoms with van der Waals surface area (Å²) in [7, 11) is 0. The predicted octanol–water partition coefficient (Wildman–Crippen LogP) is 3.09. The van der Waals surface area contributed by atoms with E-state index in [9.17, 15) is 0 Å². The SMILES string of the molecule is Cc1cc(Cl)cc(C)c1OCCNC1CC1. The molecule has 1 aliphatic carbocycles. The minimum atomic E-state index is 0.722. The van der Waals surface area contributed by atoms with E-state index >= 15 is 0 Å². The molecule has 0 amide bonds. The van der Waals surface area contributed by atoms with Crippen molar-refractivity contribution in [1.82, 2.24) is 5.32 Å². The van der Waals surface area contributed by atoms with E-state index in [2.05, 4.69) is 5.32 Å². The maximum atomic E-state index is 5.97. The second-order valence-electron chi connectivity index (χ2n) is 4.45. The molecule has 3 heteroatoms. The van der Waals surface area contributed by atoms with Gasteiger partial charge in [0, 0.05) is 17.6 Å². The molecule has 16 heavy (non-hydrogen) atoms. The average molecular weight is 240 g/mol. The van der Waals surface area contributed by atoms with Gasteiger partial charge in [-0.15, -0.1) is 0 Å². The van der Waals surface area contributed by atoms with E-state index in [0.717, 1.165) is 41.1 Å². The zero-order chi connectivity index (χ0) is 11.5. The van der Waals surface area contributed by atoms with Crippen molar-refractivity contribution >= 4 is 11.6 Å². The Morgan fingerprint density at radius 3 is 2.50 bits per heavy atom. The van der Waals surface area contributed by atoms with E-state index in [0.29, 0.717) is 0 Å². The Hall–Kier alpha value is -0.730. The van der Waals surface area contributed by atoms with Gasteiger partial charge in [-0.3, -0.25) is 0 Å². The van der Waals surface area contributed by atoms with Gasteiger partial charge in [-0.2, -0.15) is 0 Å². The summed E-state index contributed by atoms with van der Waals surface area (Å²) in [5.74, 6) is 0.974. The van der Waals surface area contributed by atoms with Crippen molar-refractivity contribution in [3.8, 4) is 5.75 Å². The quantitative estimate of drug-likeness (QED) is 0.798. The molecule has 0 bridgehead atoms. The Bertz CT molecular complexity index is 351. The van der Waals surface area contributed by atoms with Gasteiger partial charge < -0.3 is 10.1 Å². The molecule has 0 heterocycles. The first-order chi connectivity index (χ1) is 7.66. The number of aryl methyl sites for hydroxylation is 2. The second kappa shape index (κ2) is 5.07. The first-order valence-electron chi connectivity index (χ1n) is 5.80. The third-order valence-electron chi connectivity index (χ3n) is 2.78. The Kier molecular flexibility index (Phi) is 3.72. The van der Waals surface area contributed by atoms with Crippen molar-refractivity contribution in [3.63, 3.8) is 0 Å². The minimum absolute atomic E-state index is 0.722. The number of benzene rings is 1. The molecular weight excluding hydrogens is 222 g/mol. The van der Waals surface area contributed by atoms with Gasteiger partial charge in [0.2, 0.25) is 0 Å². The van der Waals surface area contributed by atoms with Gasteiger partial charge in [-0.25, -0.2) is 0 Å². The third kappa shape index (κ3) is 3.13. The zero-order valence-corrected chi connectivity index (χ0v) is 10.6. The Morgan fingerprint density at radius 2 is 1.94 bits per heavy atom. The molecule has 0 atom stereocenters. The molecule has 0 spiro atoms. The topological polar surface area (TPSA) is 21.3 Å². The number of hydrogen-bond acceptors (Lipinski definition) is 2. The molecule has 0 saturated heterocycles. The fraction of sp³-hybridized carbons (Fsp3) is 0.538. The summed E-state index contributed by atoms with van der Waals surface area (Å²) in [6, 6.07) is 4.63. The van der Waals surface area contributed by atoms with Gasteiger partial charge in [0.25, 0.3) is 0 Å². The van der Waals surface area contributed by atoms with Crippen LogP contribution in [0.4, 0.5) is 0 Å². The number of nitrogens with one attached hydrogen (secondary N) is 1. The van der Waals surface area contributed by atoms with E-state index < -0.39 is 0 Å². The monoisotopic (exact) mass is 239 g/mol. The van der Waals surface area contributed by atoms with E-state index in [4.69, 9.17) is 16.3 Å². The molecule has 2 nitrogen and oxygen atoms in total. The van der Waals surface area contributed by atoms with Crippen LogP contribution in [-0.2, 0) is 0 Å². The van der Waals surface area contributed by atoms with E-state index in [1.54, 1.807) is 0 Å². The van der Waals surface area contributed by atoms with Crippen LogP contribution in [0.3, 0.4) is 0 Å². The molecule has 0 aromatic heterocycles. The largest absolute Gasteiger partial charge is 0.492 e. The summed E-state index contributed by atoms with van der Waals surface area (Å²) in [6.07, 6.45) is 2.64. The minimum Gasteiger partial charge on any atom is -0.492 e. The molecule has 1 saturated carbocycles. The highest BCUT2D eigenvalue weighted by Gasteiger charge is 2.19. The molecule has 0 unspecified atom stereocenters. The van der Waals surface area contributed by atoms with Gasteiger partial charge in [0.15, 0.2) is 0 Å². The van der Waals surface area contributed by atoms with Gasteiger partial charge in [0.05, 0.1) is 0 Å². The number of ether oxygens (including phenoxy) is 1. The van der Waals surface area contributed by atoms with Crippen LogP contribution in [0.15, 0.2) is 12.1 Å². The van der Waals surface area contributed by atoms with Crippen LogP contribution >= 0.6 is 11.6 Å². The Labute approximate surface area is 102 Å². The van der Waals surface area contributed by atoms with Gasteiger partial charge in [0.1, 0.15) is 12.4 Å². The van der Waals surface area contributed by atoms with Crippen LogP contribution in [0.5, 0.6) is 5.75 Å². The lowest BCUT2D eigenvalue weighted by molar-refractivity contribution is 0.309. The highest BCUT2D eigenvalue weighted by Crippen LogP contribution is 2.26. The van der Waals surface area contributed by atoms with E-state index in [1.807, 2.05) is 26.0 Å². The lowest BCUT2D eigenvalue weighted by Crippen LogP contribution is -2.23. The maximum Gasteiger partial charge on any atom is 0.125 e. The van der Waals surface area contributed by atoms with Crippen molar-refractivity contribution in [2.24, 2.45) is 0 Å². The predicted molar refractivity (Wildman–Crippen MR) is 67.4 cm³/mol. The highest BCUT2D eigenvalue weighted by molar-refractivity contribution is 6.30. The first-order valence-corrected chi connectivity index (χ1v) is 6.17. The van der Waals surface area contributed by atoms with Crippen LogP contribution in [-0.4, -0.2) is 19.2 Å². The molecule has 1 N–H and O–H groups in total. The van der Waals surface area contributed by atoms with Crippen LogP contribution in [0.1, 0.15) is 24.0 Å². The zero-order valence-electron chi connectivity index (χ0n) is 9.85. The Balaban J connectivity index is 1.87. The smallest absolute Gasteiger partial charge is 0.125 e. The fourth-order valence-electron chi connectivity index (χ4n) is 1.83. The van der Waals surface area contributed by atoms with E-state index in [1.165, 1.54) is 12.8 Å². The van der Waals surface area contributed by atoms with Crippen LogP contribution < -0.4 is 10.1 Å². The summed E-state index contributed by atoms with van der Waals surface area (Å²) in [5.41, 5.74) is 2.22.